The van der Waals surface area contributed by atoms with Crippen molar-refractivity contribution in [1.82, 2.24) is 4.98 Å². The Bertz CT molecular complexity index is 597. The minimum Gasteiger partial charge on any atom is -0.378 e. The Balaban J connectivity index is 2.02. The predicted octanol–water partition coefficient (Wildman–Crippen LogP) is 3.78. The standard InChI is InChI=1S/C17H19N3/c1-17(2,11-10-14-7-4-3-5-8-14)20-15-9-6-12-19-16(15)13-18/h3-9,12,20H,10-11H2,1-2H3. The summed E-state index contributed by atoms with van der Waals surface area (Å²) >= 11 is 0. The number of anilines is 1. The summed E-state index contributed by atoms with van der Waals surface area (Å²) in [5.74, 6) is 0. The van der Waals surface area contributed by atoms with Gasteiger partial charge in [-0.3, -0.25) is 0 Å². The highest BCUT2D eigenvalue weighted by Crippen LogP contribution is 2.21. The van der Waals surface area contributed by atoms with Crippen molar-refractivity contribution in [2.45, 2.75) is 32.2 Å². The number of hydrogen-bond acceptors (Lipinski definition) is 3. The summed E-state index contributed by atoms with van der Waals surface area (Å²) in [6, 6.07) is 16.3. The van der Waals surface area contributed by atoms with Gasteiger partial charge in [-0.1, -0.05) is 30.3 Å². The van der Waals surface area contributed by atoms with Gasteiger partial charge in [-0.25, -0.2) is 4.98 Å². The maximum atomic E-state index is 9.07. The quantitative estimate of drug-likeness (QED) is 0.895. The zero-order valence-electron chi connectivity index (χ0n) is 11.9. The second kappa shape index (κ2) is 6.21. The normalized spacial score (nSPS) is 10.8. The van der Waals surface area contributed by atoms with Crippen LogP contribution < -0.4 is 5.32 Å². The van der Waals surface area contributed by atoms with Crippen molar-refractivity contribution in [3.63, 3.8) is 0 Å². The number of nitrogens with one attached hydrogen (secondary N) is 1. The van der Waals surface area contributed by atoms with Crippen LogP contribution in [0.5, 0.6) is 0 Å². The van der Waals surface area contributed by atoms with E-state index in [1.807, 2.05) is 18.2 Å². The molecule has 0 aliphatic carbocycles. The number of nitrogens with zero attached hydrogens (tertiary/aromatic N) is 2. The second-order valence-electron chi connectivity index (χ2n) is 5.51. The van der Waals surface area contributed by atoms with E-state index in [1.54, 1.807) is 6.20 Å². The van der Waals surface area contributed by atoms with Gasteiger partial charge in [0.1, 0.15) is 6.07 Å². The molecular weight excluding hydrogens is 246 g/mol. The fourth-order valence-corrected chi connectivity index (χ4v) is 2.12. The first-order valence-electron chi connectivity index (χ1n) is 6.78. The summed E-state index contributed by atoms with van der Waals surface area (Å²) in [6.07, 6.45) is 3.63. The third-order valence-corrected chi connectivity index (χ3v) is 3.27. The van der Waals surface area contributed by atoms with Crippen LogP contribution in [0.2, 0.25) is 0 Å². The van der Waals surface area contributed by atoms with Crippen LogP contribution in [0.1, 0.15) is 31.5 Å². The van der Waals surface area contributed by atoms with Gasteiger partial charge in [0.2, 0.25) is 0 Å². The first kappa shape index (κ1) is 14.1. The number of aryl methyl sites for hydroxylation is 1. The molecule has 1 aromatic heterocycles. The molecule has 0 fully saturated rings. The van der Waals surface area contributed by atoms with Gasteiger partial charge >= 0.3 is 0 Å². The van der Waals surface area contributed by atoms with E-state index in [0.717, 1.165) is 18.5 Å². The lowest BCUT2D eigenvalue weighted by Crippen LogP contribution is -2.31. The van der Waals surface area contributed by atoms with Crippen LogP contribution in [0.4, 0.5) is 5.69 Å². The molecule has 2 aromatic rings. The predicted molar refractivity (Wildman–Crippen MR) is 81.4 cm³/mol. The highest BCUT2D eigenvalue weighted by molar-refractivity contribution is 5.54. The third-order valence-electron chi connectivity index (χ3n) is 3.27. The van der Waals surface area contributed by atoms with Crippen LogP contribution in [0.15, 0.2) is 48.7 Å². The van der Waals surface area contributed by atoms with Gasteiger partial charge in [0.25, 0.3) is 0 Å². The highest BCUT2D eigenvalue weighted by Gasteiger charge is 2.18. The average Bonchev–Trinajstić information content (AvgIpc) is 2.47. The number of aromatic nitrogens is 1. The maximum Gasteiger partial charge on any atom is 0.163 e. The van der Waals surface area contributed by atoms with Gasteiger partial charge in [-0.2, -0.15) is 5.26 Å². The number of hydrogen-bond donors (Lipinski definition) is 1. The number of nitriles is 1. The van der Waals surface area contributed by atoms with Crippen molar-refractivity contribution in [3.05, 3.63) is 59.9 Å². The molecule has 0 spiro atoms. The van der Waals surface area contributed by atoms with E-state index in [9.17, 15) is 0 Å². The molecule has 1 aromatic carbocycles. The molecule has 1 N–H and O–H groups in total. The van der Waals surface area contributed by atoms with Crippen LogP contribution in [0.25, 0.3) is 0 Å². The Hall–Kier alpha value is -2.34. The molecule has 0 saturated heterocycles. The van der Waals surface area contributed by atoms with Crippen molar-refractivity contribution in [3.8, 4) is 6.07 Å². The van der Waals surface area contributed by atoms with Gasteiger partial charge in [-0.05, 0) is 44.4 Å². The maximum absolute atomic E-state index is 9.07. The molecular formula is C17H19N3. The Kier molecular flexibility index (Phi) is 4.37. The van der Waals surface area contributed by atoms with Crippen molar-refractivity contribution in [2.75, 3.05) is 5.32 Å². The van der Waals surface area contributed by atoms with Gasteiger partial charge in [0.15, 0.2) is 5.69 Å². The average molecular weight is 265 g/mol. The molecule has 3 heteroatoms. The molecule has 20 heavy (non-hydrogen) atoms. The summed E-state index contributed by atoms with van der Waals surface area (Å²) < 4.78 is 0. The van der Waals surface area contributed by atoms with Crippen LogP contribution in [-0.4, -0.2) is 10.5 Å². The summed E-state index contributed by atoms with van der Waals surface area (Å²) in [6.45, 7) is 4.29. The van der Waals surface area contributed by atoms with Gasteiger partial charge in [-0.15, -0.1) is 0 Å². The smallest absolute Gasteiger partial charge is 0.163 e. The minimum atomic E-state index is -0.0928. The van der Waals surface area contributed by atoms with Gasteiger partial charge in [0.05, 0.1) is 5.69 Å². The molecule has 0 aliphatic rings. The van der Waals surface area contributed by atoms with Crippen molar-refractivity contribution < 1.29 is 0 Å². The van der Waals surface area contributed by atoms with E-state index in [0.29, 0.717) is 5.69 Å². The van der Waals surface area contributed by atoms with E-state index in [2.05, 4.69) is 54.5 Å². The summed E-state index contributed by atoms with van der Waals surface area (Å²) in [7, 11) is 0. The lowest BCUT2D eigenvalue weighted by atomic mass is 9.95. The third kappa shape index (κ3) is 3.83. The molecule has 0 aliphatic heterocycles. The monoisotopic (exact) mass is 265 g/mol. The minimum absolute atomic E-state index is 0.0928. The number of pyridine rings is 1. The Morgan fingerprint density at radius 2 is 1.90 bits per heavy atom. The van der Waals surface area contributed by atoms with Crippen LogP contribution in [0, 0.1) is 11.3 Å². The SMILES string of the molecule is CC(C)(CCc1ccccc1)Nc1cccnc1C#N. The number of rotatable bonds is 5. The van der Waals surface area contributed by atoms with E-state index >= 15 is 0 Å². The Morgan fingerprint density at radius 1 is 1.15 bits per heavy atom. The topological polar surface area (TPSA) is 48.7 Å². The summed E-state index contributed by atoms with van der Waals surface area (Å²) in [5.41, 5.74) is 2.48. The van der Waals surface area contributed by atoms with Crippen molar-refractivity contribution in [1.29, 1.82) is 5.26 Å². The summed E-state index contributed by atoms with van der Waals surface area (Å²) in [4.78, 5) is 4.08. The van der Waals surface area contributed by atoms with Crippen LogP contribution in [-0.2, 0) is 6.42 Å². The van der Waals surface area contributed by atoms with Gasteiger partial charge < -0.3 is 5.32 Å². The van der Waals surface area contributed by atoms with E-state index in [-0.39, 0.29) is 5.54 Å². The molecule has 102 valence electrons. The zero-order valence-corrected chi connectivity index (χ0v) is 11.9. The lowest BCUT2D eigenvalue weighted by molar-refractivity contribution is 0.518. The molecule has 0 amide bonds. The fourth-order valence-electron chi connectivity index (χ4n) is 2.12. The molecule has 0 saturated carbocycles. The molecule has 0 atom stereocenters. The Morgan fingerprint density at radius 3 is 2.60 bits per heavy atom. The largest absolute Gasteiger partial charge is 0.378 e. The van der Waals surface area contributed by atoms with E-state index in [1.165, 1.54) is 5.56 Å². The van der Waals surface area contributed by atoms with Crippen LogP contribution >= 0.6 is 0 Å². The molecule has 3 nitrogen and oxygen atoms in total. The van der Waals surface area contributed by atoms with E-state index < -0.39 is 0 Å². The Labute approximate surface area is 120 Å². The molecule has 2 rings (SSSR count). The second-order valence-corrected chi connectivity index (χ2v) is 5.51. The molecule has 1 heterocycles. The molecule has 0 bridgehead atoms. The van der Waals surface area contributed by atoms with Crippen LogP contribution in [0.3, 0.4) is 0 Å². The van der Waals surface area contributed by atoms with E-state index in [4.69, 9.17) is 5.26 Å². The van der Waals surface area contributed by atoms with Crippen molar-refractivity contribution >= 4 is 5.69 Å². The highest BCUT2D eigenvalue weighted by atomic mass is 15.0. The first-order valence-corrected chi connectivity index (χ1v) is 6.78. The molecule has 0 unspecified atom stereocenters. The fraction of sp³-hybridized carbons (Fsp3) is 0.294. The number of benzene rings is 1. The first-order chi connectivity index (χ1) is 9.61. The molecule has 0 radical (unpaired) electrons. The van der Waals surface area contributed by atoms with Gasteiger partial charge in [0, 0.05) is 11.7 Å². The van der Waals surface area contributed by atoms with Crippen molar-refractivity contribution in [2.24, 2.45) is 0 Å². The summed E-state index contributed by atoms with van der Waals surface area (Å²) in [5, 5.41) is 12.5. The zero-order chi connectivity index (χ0) is 14.4. The lowest BCUT2D eigenvalue weighted by Gasteiger charge is -2.28.